The summed E-state index contributed by atoms with van der Waals surface area (Å²) in [6, 6.07) is 0.359. The third-order valence-corrected chi connectivity index (χ3v) is 3.64. The molecule has 1 fully saturated rings. The van der Waals surface area contributed by atoms with E-state index in [0.29, 0.717) is 24.5 Å². The van der Waals surface area contributed by atoms with Crippen molar-refractivity contribution < 1.29 is 9.90 Å². The van der Waals surface area contributed by atoms with Crippen molar-refractivity contribution in [3.05, 3.63) is 11.3 Å². The Morgan fingerprint density at radius 2 is 1.94 bits per heavy atom. The van der Waals surface area contributed by atoms with Gasteiger partial charge in [0.2, 0.25) is 0 Å². The maximum absolute atomic E-state index is 11.9. The van der Waals surface area contributed by atoms with Crippen LogP contribution in [0.4, 0.5) is 0 Å². The lowest BCUT2D eigenvalue weighted by Crippen LogP contribution is -2.26. The first-order valence-corrected chi connectivity index (χ1v) is 6.46. The Bertz CT molecular complexity index is 374. The Hall–Kier alpha value is -1.12. The normalized spacial score (nSPS) is 26.1. The van der Waals surface area contributed by atoms with Crippen LogP contribution in [0.2, 0.25) is 0 Å². The van der Waals surface area contributed by atoms with E-state index in [1.54, 1.807) is 6.21 Å². The molecule has 2 rings (SSSR count). The van der Waals surface area contributed by atoms with Gasteiger partial charge in [-0.05, 0) is 18.3 Å². The van der Waals surface area contributed by atoms with E-state index in [0.717, 1.165) is 12.8 Å². The maximum Gasteiger partial charge on any atom is 0.168 e. The number of ketones is 1. The monoisotopic (exact) mass is 235 g/mol. The second-order valence-electron chi connectivity index (χ2n) is 6.02. The Morgan fingerprint density at radius 1 is 1.29 bits per heavy atom. The number of carbonyl (C=O) groups excluding carboxylic acids is 1. The minimum absolute atomic E-state index is 0.0282. The molecule has 17 heavy (non-hydrogen) atoms. The number of aliphatic hydroxyl groups is 1. The average Bonchev–Trinajstić information content (AvgIpc) is 2.67. The number of allylic oxidation sites excluding steroid dienone is 2. The van der Waals surface area contributed by atoms with Gasteiger partial charge in [0.05, 0.1) is 5.57 Å². The molecule has 0 radical (unpaired) electrons. The molecule has 0 heterocycles. The molecule has 0 saturated heterocycles. The van der Waals surface area contributed by atoms with E-state index in [-0.39, 0.29) is 17.0 Å². The molecular weight excluding hydrogens is 214 g/mol. The molecule has 1 N–H and O–H groups in total. The van der Waals surface area contributed by atoms with Gasteiger partial charge >= 0.3 is 0 Å². The van der Waals surface area contributed by atoms with Crippen molar-refractivity contribution in [2.24, 2.45) is 10.4 Å². The number of hydrogen-bond acceptors (Lipinski definition) is 3. The molecule has 3 heteroatoms. The Balaban J connectivity index is 2.11. The van der Waals surface area contributed by atoms with E-state index in [1.165, 1.54) is 12.8 Å². The number of nitrogens with zero attached hydrogens (tertiary/aromatic N) is 1. The molecule has 0 amide bonds. The highest BCUT2D eigenvalue weighted by Gasteiger charge is 2.32. The summed E-state index contributed by atoms with van der Waals surface area (Å²) in [4.78, 5) is 16.3. The summed E-state index contributed by atoms with van der Waals surface area (Å²) in [5.41, 5.74) is 0.322. The number of rotatable bonds is 2. The van der Waals surface area contributed by atoms with Crippen molar-refractivity contribution in [1.82, 2.24) is 0 Å². The van der Waals surface area contributed by atoms with Gasteiger partial charge in [0.15, 0.2) is 5.78 Å². The molecule has 94 valence electrons. The van der Waals surface area contributed by atoms with Gasteiger partial charge in [-0.15, -0.1) is 0 Å². The van der Waals surface area contributed by atoms with E-state index < -0.39 is 0 Å². The molecule has 0 aromatic heterocycles. The summed E-state index contributed by atoms with van der Waals surface area (Å²) in [7, 11) is 0. The first kappa shape index (κ1) is 12.3. The molecule has 1 saturated carbocycles. The highest BCUT2D eigenvalue weighted by atomic mass is 16.3. The van der Waals surface area contributed by atoms with Crippen LogP contribution in [0.5, 0.6) is 0 Å². The predicted molar refractivity (Wildman–Crippen MR) is 68.4 cm³/mol. The van der Waals surface area contributed by atoms with Crippen LogP contribution in [0.1, 0.15) is 52.4 Å². The Morgan fingerprint density at radius 3 is 2.53 bits per heavy atom. The first-order valence-electron chi connectivity index (χ1n) is 6.46. The van der Waals surface area contributed by atoms with Crippen LogP contribution in [0.15, 0.2) is 16.3 Å². The molecule has 0 atom stereocenters. The molecule has 0 aliphatic heterocycles. The molecule has 0 bridgehead atoms. The summed E-state index contributed by atoms with van der Waals surface area (Å²) in [5.74, 6) is 0.244. The van der Waals surface area contributed by atoms with Crippen LogP contribution in [0.3, 0.4) is 0 Å². The van der Waals surface area contributed by atoms with Crippen molar-refractivity contribution in [3.63, 3.8) is 0 Å². The van der Waals surface area contributed by atoms with Crippen LogP contribution < -0.4 is 0 Å². The minimum Gasteiger partial charge on any atom is -0.511 e. The fourth-order valence-electron chi connectivity index (χ4n) is 2.68. The van der Waals surface area contributed by atoms with Crippen LogP contribution in [-0.2, 0) is 4.79 Å². The molecule has 0 spiro atoms. The second-order valence-corrected chi connectivity index (χ2v) is 6.02. The third-order valence-electron chi connectivity index (χ3n) is 3.64. The van der Waals surface area contributed by atoms with Crippen LogP contribution >= 0.6 is 0 Å². The van der Waals surface area contributed by atoms with Gasteiger partial charge < -0.3 is 5.11 Å². The van der Waals surface area contributed by atoms with E-state index in [1.807, 2.05) is 13.8 Å². The van der Waals surface area contributed by atoms with Crippen LogP contribution in [0.25, 0.3) is 0 Å². The quantitative estimate of drug-likeness (QED) is 0.747. The van der Waals surface area contributed by atoms with Crippen molar-refractivity contribution in [2.75, 3.05) is 0 Å². The summed E-state index contributed by atoms with van der Waals surface area (Å²) in [5, 5.41) is 9.92. The zero-order chi connectivity index (χ0) is 12.5. The summed E-state index contributed by atoms with van der Waals surface area (Å²) in [6.07, 6.45) is 7.38. The topological polar surface area (TPSA) is 49.7 Å². The fourth-order valence-corrected chi connectivity index (χ4v) is 2.68. The zero-order valence-corrected chi connectivity index (χ0v) is 10.7. The fraction of sp³-hybridized carbons (Fsp3) is 0.714. The predicted octanol–water partition coefficient (Wildman–Crippen LogP) is 3.20. The molecule has 3 nitrogen and oxygen atoms in total. The largest absolute Gasteiger partial charge is 0.511 e. The van der Waals surface area contributed by atoms with Crippen molar-refractivity contribution in [2.45, 2.75) is 58.4 Å². The van der Waals surface area contributed by atoms with E-state index in [2.05, 4.69) is 4.99 Å². The van der Waals surface area contributed by atoms with Crippen LogP contribution in [0, 0.1) is 5.41 Å². The SMILES string of the molecule is CC1(C)CC(=O)C(C=NC2CCCC2)=C(O)C1. The summed E-state index contributed by atoms with van der Waals surface area (Å²) >= 11 is 0. The van der Waals surface area contributed by atoms with Gasteiger partial charge in [-0.1, -0.05) is 26.7 Å². The smallest absolute Gasteiger partial charge is 0.168 e. The number of hydrogen-bond donors (Lipinski definition) is 1. The van der Waals surface area contributed by atoms with E-state index in [9.17, 15) is 9.90 Å². The second kappa shape index (κ2) is 4.63. The molecule has 0 aromatic carbocycles. The molecule has 2 aliphatic rings. The number of Topliss-reactive ketones (excluding diaryl/α,β-unsaturated/α-hetero) is 1. The molecule has 2 aliphatic carbocycles. The average molecular weight is 235 g/mol. The van der Waals surface area contributed by atoms with Gasteiger partial charge in [0.1, 0.15) is 5.76 Å². The third kappa shape index (κ3) is 2.96. The lowest BCUT2D eigenvalue weighted by atomic mass is 9.77. The molecular formula is C14H21NO2. The highest BCUT2D eigenvalue weighted by molar-refractivity contribution is 6.14. The lowest BCUT2D eigenvalue weighted by molar-refractivity contribution is -0.117. The molecule has 0 aromatic rings. The lowest BCUT2D eigenvalue weighted by Gasteiger charge is -2.28. The van der Waals surface area contributed by atoms with Crippen LogP contribution in [-0.4, -0.2) is 23.1 Å². The van der Waals surface area contributed by atoms with Gasteiger partial charge in [-0.2, -0.15) is 0 Å². The number of aliphatic hydroxyl groups excluding tert-OH is 1. The molecule has 0 unspecified atom stereocenters. The summed E-state index contributed by atoms with van der Waals surface area (Å²) in [6.45, 7) is 4.01. The number of carbonyl (C=O) groups is 1. The first-order chi connectivity index (χ1) is 7.98. The van der Waals surface area contributed by atoms with Crippen molar-refractivity contribution in [1.29, 1.82) is 0 Å². The standard InChI is InChI=1S/C14H21NO2/c1-14(2)7-12(16)11(13(17)8-14)9-15-10-5-3-4-6-10/h9-10,16H,3-8H2,1-2H3. The van der Waals surface area contributed by atoms with Gasteiger partial charge in [-0.3, -0.25) is 9.79 Å². The zero-order valence-electron chi connectivity index (χ0n) is 10.7. The van der Waals surface area contributed by atoms with Gasteiger partial charge in [0, 0.05) is 25.1 Å². The summed E-state index contributed by atoms with van der Waals surface area (Å²) < 4.78 is 0. The highest BCUT2D eigenvalue weighted by Crippen LogP contribution is 2.35. The van der Waals surface area contributed by atoms with Crippen molar-refractivity contribution >= 4 is 12.0 Å². The van der Waals surface area contributed by atoms with Gasteiger partial charge in [-0.25, -0.2) is 0 Å². The minimum atomic E-state index is -0.119. The Kier molecular flexibility index (Phi) is 3.36. The van der Waals surface area contributed by atoms with Gasteiger partial charge in [0.25, 0.3) is 0 Å². The maximum atomic E-state index is 11.9. The van der Waals surface area contributed by atoms with Crippen molar-refractivity contribution in [3.8, 4) is 0 Å². The van der Waals surface area contributed by atoms with E-state index in [4.69, 9.17) is 0 Å². The van der Waals surface area contributed by atoms with E-state index >= 15 is 0 Å². The number of aliphatic imine (C=N–C) groups is 1. The Labute approximate surface area is 103 Å².